The maximum atomic E-state index is 13.4. The summed E-state index contributed by atoms with van der Waals surface area (Å²) in [6.45, 7) is 11.0. The molecule has 1 fully saturated rings. The molecule has 0 amide bonds. The van der Waals surface area contributed by atoms with Crippen molar-refractivity contribution >= 4 is 0 Å². The predicted molar refractivity (Wildman–Crippen MR) is 121 cm³/mol. The Labute approximate surface area is 184 Å². The van der Waals surface area contributed by atoms with E-state index in [4.69, 9.17) is 4.74 Å². The van der Waals surface area contributed by atoms with Crippen LogP contribution in [0.2, 0.25) is 0 Å². The molecule has 1 atom stereocenters. The number of hydrogen-bond donors (Lipinski definition) is 2. The third-order valence-electron chi connectivity index (χ3n) is 6.19. The number of benzene rings is 2. The van der Waals surface area contributed by atoms with E-state index in [1.165, 1.54) is 27.3 Å². The van der Waals surface area contributed by atoms with E-state index in [-0.39, 0.29) is 5.82 Å². The van der Waals surface area contributed by atoms with Crippen molar-refractivity contribution in [2.24, 2.45) is 0 Å². The quantitative estimate of drug-likeness (QED) is 0.535. The summed E-state index contributed by atoms with van der Waals surface area (Å²) in [7, 11) is 0. The molecule has 1 unspecified atom stereocenters. The van der Waals surface area contributed by atoms with Crippen LogP contribution in [0.15, 0.2) is 66.9 Å². The van der Waals surface area contributed by atoms with E-state index in [1.54, 1.807) is 17.0 Å². The van der Waals surface area contributed by atoms with Gasteiger partial charge < -0.3 is 19.1 Å². The van der Waals surface area contributed by atoms with Crippen molar-refractivity contribution in [1.82, 2.24) is 4.57 Å². The second-order valence-corrected chi connectivity index (χ2v) is 8.71. The molecule has 0 radical (unpaired) electrons. The summed E-state index contributed by atoms with van der Waals surface area (Å²) in [5.41, 5.74) is 5.15. The zero-order chi connectivity index (χ0) is 21.5. The monoisotopic (exact) mass is 423 g/mol. The molecule has 1 saturated heterocycles. The number of aromatic nitrogens is 1. The highest BCUT2D eigenvalue weighted by atomic mass is 19.1. The molecule has 0 spiro atoms. The van der Waals surface area contributed by atoms with Gasteiger partial charge in [-0.1, -0.05) is 42.0 Å². The Kier molecular flexibility index (Phi) is 7.52. The molecule has 5 heteroatoms. The highest BCUT2D eigenvalue weighted by Crippen LogP contribution is 2.10. The lowest BCUT2D eigenvalue weighted by atomic mass is 10.1. The van der Waals surface area contributed by atoms with Crippen LogP contribution in [0.3, 0.4) is 0 Å². The molecule has 4 rings (SSSR count). The SMILES string of the molecule is Cc1cccc(Cn2cccc2C[NH+](CC[NH+]2CCOCC2)Cc2ccc(F)cc2)c1. The Bertz CT molecular complexity index is 947. The van der Waals surface area contributed by atoms with Crippen molar-refractivity contribution in [3.8, 4) is 0 Å². The van der Waals surface area contributed by atoms with Crippen molar-refractivity contribution in [3.05, 3.63) is 95.1 Å². The lowest BCUT2D eigenvalue weighted by Crippen LogP contribution is -3.20. The fourth-order valence-corrected chi connectivity index (χ4v) is 4.42. The molecule has 3 aromatic rings. The van der Waals surface area contributed by atoms with Crippen LogP contribution in [0.4, 0.5) is 4.39 Å². The van der Waals surface area contributed by atoms with Gasteiger partial charge in [0.2, 0.25) is 0 Å². The zero-order valence-electron chi connectivity index (χ0n) is 18.4. The van der Waals surface area contributed by atoms with Crippen molar-refractivity contribution in [1.29, 1.82) is 0 Å². The largest absolute Gasteiger partial charge is 0.370 e. The van der Waals surface area contributed by atoms with Crippen LogP contribution >= 0.6 is 0 Å². The molecule has 2 heterocycles. The predicted octanol–water partition coefficient (Wildman–Crippen LogP) is 1.48. The topological polar surface area (TPSA) is 23.0 Å². The van der Waals surface area contributed by atoms with Gasteiger partial charge in [-0.25, -0.2) is 4.39 Å². The van der Waals surface area contributed by atoms with Gasteiger partial charge in [0.05, 0.1) is 18.9 Å². The molecule has 164 valence electrons. The fraction of sp³-hybridized carbons (Fsp3) is 0.385. The van der Waals surface area contributed by atoms with E-state index >= 15 is 0 Å². The van der Waals surface area contributed by atoms with Gasteiger partial charge in [0.15, 0.2) is 0 Å². The van der Waals surface area contributed by atoms with Gasteiger partial charge >= 0.3 is 0 Å². The Morgan fingerprint density at radius 1 is 0.968 bits per heavy atom. The van der Waals surface area contributed by atoms with Crippen molar-refractivity contribution in [2.45, 2.75) is 26.6 Å². The Balaban J connectivity index is 1.45. The molecule has 1 aliphatic heterocycles. The molecule has 4 nitrogen and oxygen atoms in total. The molecule has 1 aliphatic rings. The summed E-state index contributed by atoms with van der Waals surface area (Å²) in [6.07, 6.45) is 2.18. The van der Waals surface area contributed by atoms with Gasteiger partial charge in [0.1, 0.15) is 45.1 Å². The minimum Gasteiger partial charge on any atom is -0.370 e. The number of hydrogen-bond acceptors (Lipinski definition) is 1. The van der Waals surface area contributed by atoms with Crippen LogP contribution in [0.25, 0.3) is 0 Å². The third-order valence-corrected chi connectivity index (χ3v) is 6.19. The van der Waals surface area contributed by atoms with Crippen molar-refractivity contribution in [3.63, 3.8) is 0 Å². The van der Waals surface area contributed by atoms with Gasteiger partial charge in [0, 0.05) is 18.3 Å². The van der Waals surface area contributed by atoms with Crippen LogP contribution in [-0.4, -0.2) is 44.0 Å². The molecule has 31 heavy (non-hydrogen) atoms. The summed E-state index contributed by atoms with van der Waals surface area (Å²) >= 11 is 0. The summed E-state index contributed by atoms with van der Waals surface area (Å²) in [5.74, 6) is -0.171. The lowest BCUT2D eigenvalue weighted by molar-refractivity contribution is -0.975. The first-order valence-electron chi connectivity index (χ1n) is 11.3. The maximum absolute atomic E-state index is 13.4. The standard InChI is InChI=1S/C26H32FN3O/c1-22-4-2-5-24(18-22)20-30-11-3-6-26(30)21-29(13-12-28-14-16-31-17-15-28)19-23-7-9-25(27)10-8-23/h2-11,18H,12-17,19-21H2,1H3/p+2. The normalized spacial score (nSPS) is 15.8. The number of halogens is 1. The van der Waals surface area contributed by atoms with Gasteiger partial charge in [-0.2, -0.15) is 0 Å². The van der Waals surface area contributed by atoms with Crippen molar-refractivity contribution < 1.29 is 18.9 Å². The van der Waals surface area contributed by atoms with Crippen LogP contribution in [-0.2, 0) is 24.4 Å². The Hall–Kier alpha value is -2.47. The average molecular weight is 424 g/mol. The van der Waals surface area contributed by atoms with Gasteiger partial charge in [-0.3, -0.25) is 0 Å². The minimum absolute atomic E-state index is 0.171. The molecule has 0 aliphatic carbocycles. The van der Waals surface area contributed by atoms with E-state index in [0.717, 1.165) is 59.0 Å². The van der Waals surface area contributed by atoms with Crippen LogP contribution in [0.5, 0.6) is 0 Å². The lowest BCUT2D eigenvalue weighted by Gasteiger charge is -2.26. The number of nitrogens with zero attached hydrogens (tertiary/aromatic N) is 1. The number of ether oxygens (including phenoxy) is 1. The summed E-state index contributed by atoms with van der Waals surface area (Å²) in [5, 5.41) is 0. The highest BCUT2D eigenvalue weighted by Gasteiger charge is 2.19. The number of aryl methyl sites for hydroxylation is 1. The van der Waals surface area contributed by atoms with Crippen molar-refractivity contribution in [2.75, 3.05) is 39.4 Å². The van der Waals surface area contributed by atoms with Gasteiger partial charge in [-0.15, -0.1) is 0 Å². The number of nitrogens with one attached hydrogen (secondary N) is 2. The van der Waals surface area contributed by atoms with E-state index in [9.17, 15) is 4.39 Å². The van der Waals surface area contributed by atoms with Crippen LogP contribution in [0.1, 0.15) is 22.4 Å². The van der Waals surface area contributed by atoms with E-state index in [2.05, 4.69) is 54.1 Å². The van der Waals surface area contributed by atoms with Gasteiger partial charge in [0.25, 0.3) is 0 Å². The molecule has 1 aromatic heterocycles. The summed E-state index contributed by atoms with van der Waals surface area (Å²) < 4.78 is 21.3. The van der Waals surface area contributed by atoms with E-state index in [1.807, 2.05) is 12.1 Å². The first-order chi connectivity index (χ1) is 15.2. The molecule has 2 N–H and O–H groups in total. The second-order valence-electron chi connectivity index (χ2n) is 8.71. The van der Waals surface area contributed by atoms with E-state index < -0.39 is 0 Å². The fourth-order valence-electron chi connectivity index (χ4n) is 4.42. The van der Waals surface area contributed by atoms with Gasteiger partial charge in [-0.05, 0) is 36.8 Å². The Morgan fingerprint density at radius 2 is 1.77 bits per heavy atom. The summed E-state index contributed by atoms with van der Waals surface area (Å²) in [6, 6.07) is 20.1. The molecule has 2 aromatic carbocycles. The first kappa shape index (κ1) is 21.8. The number of quaternary nitrogens is 2. The zero-order valence-corrected chi connectivity index (χ0v) is 18.4. The molecular weight excluding hydrogens is 389 g/mol. The molecule has 0 saturated carbocycles. The Morgan fingerprint density at radius 3 is 2.55 bits per heavy atom. The maximum Gasteiger partial charge on any atom is 0.127 e. The van der Waals surface area contributed by atoms with Crippen LogP contribution in [0, 0.1) is 12.7 Å². The van der Waals surface area contributed by atoms with E-state index in [0.29, 0.717) is 0 Å². The highest BCUT2D eigenvalue weighted by molar-refractivity contribution is 5.23. The number of rotatable bonds is 9. The molecular formula is C26H34FN3O+2. The minimum atomic E-state index is -0.171. The third kappa shape index (κ3) is 6.50. The molecule has 0 bridgehead atoms. The first-order valence-corrected chi connectivity index (χ1v) is 11.3. The smallest absolute Gasteiger partial charge is 0.127 e. The van der Waals surface area contributed by atoms with Crippen LogP contribution < -0.4 is 9.80 Å². The second kappa shape index (κ2) is 10.7. The summed E-state index contributed by atoms with van der Waals surface area (Å²) in [4.78, 5) is 3.13. The average Bonchev–Trinajstić information content (AvgIpc) is 3.21. The number of morpholine rings is 1.